The first kappa shape index (κ1) is 19.2. The van der Waals surface area contributed by atoms with E-state index in [2.05, 4.69) is 4.98 Å². The van der Waals surface area contributed by atoms with Crippen LogP contribution in [0.4, 0.5) is 0 Å². The zero-order chi connectivity index (χ0) is 20.2. The van der Waals surface area contributed by atoms with Crippen molar-refractivity contribution in [2.24, 2.45) is 0 Å². The zero-order valence-electron chi connectivity index (χ0n) is 15.6. The maximum absolute atomic E-state index is 12.7. The Morgan fingerprint density at radius 1 is 1.10 bits per heavy atom. The van der Waals surface area contributed by atoms with Crippen LogP contribution < -0.4 is 4.74 Å². The van der Waals surface area contributed by atoms with E-state index in [1.807, 2.05) is 42.5 Å². The monoisotopic (exact) mass is 406 g/mol. The van der Waals surface area contributed by atoms with Crippen molar-refractivity contribution in [2.75, 3.05) is 13.1 Å². The molecular weight excluding hydrogens is 388 g/mol. The number of halogens is 1. The molecule has 0 N–H and O–H groups in total. The SMILES string of the molecule is O=Cc1cc(Oc2ccccc2)ccc1C1CCN(C(=O)c2ncccc2Cl)C1. The van der Waals surface area contributed by atoms with Gasteiger partial charge in [0.2, 0.25) is 0 Å². The van der Waals surface area contributed by atoms with E-state index >= 15 is 0 Å². The third kappa shape index (κ3) is 4.15. The highest BCUT2D eigenvalue weighted by atomic mass is 35.5. The molecule has 29 heavy (non-hydrogen) atoms. The van der Waals surface area contributed by atoms with Crippen molar-refractivity contribution in [3.05, 3.63) is 88.7 Å². The van der Waals surface area contributed by atoms with Gasteiger partial charge in [-0.05, 0) is 48.4 Å². The van der Waals surface area contributed by atoms with Crippen LogP contribution in [0.15, 0.2) is 66.9 Å². The van der Waals surface area contributed by atoms with Gasteiger partial charge in [0.1, 0.15) is 23.5 Å². The van der Waals surface area contributed by atoms with Crippen molar-refractivity contribution in [2.45, 2.75) is 12.3 Å². The number of aromatic nitrogens is 1. The molecule has 3 aromatic rings. The fourth-order valence-electron chi connectivity index (χ4n) is 3.61. The fourth-order valence-corrected chi connectivity index (χ4v) is 3.81. The highest BCUT2D eigenvalue weighted by molar-refractivity contribution is 6.33. The van der Waals surface area contributed by atoms with Crippen LogP contribution in [-0.2, 0) is 0 Å². The lowest BCUT2D eigenvalue weighted by Gasteiger charge is -2.18. The summed E-state index contributed by atoms with van der Waals surface area (Å²) < 4.78 is 5.82. The van der Waals surface area contributed by atoms with E-state index in [1.54, 1.807) is 29.3 Å². The Morgan fingerprint density at radius 3 is 2.69 bits per heavy atom. The van der Waals surface area contributed by atoms with Gasteiger partial charge < -0.3 is 9.64 Å². The number of hydrogen-bond acceptors (Lipinski definition) is 4. The standard InChI is InChI=1S/C23H19ClN2O3/c24-21-7-4-11-25-22(21)23(28)26-12-10-16(14-26)20-9-8-19(13-17(20)15-27)29-18-5-2-1-3-6-18/h1-9,11,13,15-16H,10,12,14H2. The third-order valence-corrected chi connectivity index (χ3v) is 5.35. The molecule has 4 rings (SSSR count). The van der Waals surface area contributed by atoms with Crippen LogP contribution in [0.2, 0.25) is 5.02 Å². The van der Waals surface area contributed by atoms with Gasteiger partial charge in [0.05, 0.1) is 5.02 Å². The summed E-state index contributed by atoms with van der Waals surface area (Å²) in [6.45, 7) is 1.11. The maximum atomic E-state index is 12.7. The van der Waals surface area contributed by atoms with Crippen LogP contribution in [0.3, 0.4) is 0 Å². The van der Waals surface area contributed by atoms with Gasteiger partial charge in [-0.1, -0.05) is 35.9 Å². The number of carbonyl (C=O) groups is 2. The molecule has 1 saturated heterocycles. The average Bonchev–Trinajstić information content (AvgIpc) is 3.24. The summed E-state index contributed by atoms with van der Waals surface area (Å²) >= 11 is 6.11. The summed E-state index contributed by atoms with van der Waals surface area (Å²) in [4.78, 5) is 30.3. The predicted molar refractivity (Wildman–Crippen MR) is 111 cm³/mol. The number of likely N-dealkylation sites (tertiary alicyclic amines) is 1. The fraction of sp³-hybridized carbons (Fsp3) is 0.174. The molecule has 5 nitrogen and oxygen atoms in total. The van der Waals surface area contributed by atoms with Gasteiger partial charge in [-0.3, -0.25) is 9.59 Å². The first-order valence-electron chi connectivity index (χ1n) is 9.37. The van der Waals surface area contributed by atoms with E-state index in [0.29, 0.717) is 35.2 Å². The minimum atomic E-state index is -0.185. The van der Waals surface area contributed by atoms with Gasteiger partial charge in [0.15, 0.2) is 0 Å². The van der Waals surface area contributed by atoms with Crippen molar-refractivity contribution in [1.29, 1.82) is 0 Å². The lowest BCUT2D eigenvalue weighted by Crippen LogP contribution is -2.29. The summed E-state index contributed by atoms with van der Waals surface area (Å²) in [7, 11) is 0. The Balaban J connectivity index is 1.51. The molecular formula is C23H19ClN2O3. The molecule has 0 radical (unpaired) electrons. The van der Waals surface area contributed by atoms with Crippen molar-refractivity contribution in [3.8, 4) is 11.5 Å². The molecule has 1 aliphatic rings. The van der Waals surface area contributed by atoms with Gasteiger partial charge in [-0.25, -0.2) is 4.98 Å². The Labute approximate surface area is 173 Å². The number of benzene rings is 2. The van der Waals surface area contributed by atoms with Crippen molar-refractivity contribution in [3.63, 3.8) is 0 Å². The van der Waals surface area contributed by atoms with Gasteiger partial charge in [-0.15, -0.1) is 0 Å². The van der Waals surface area contributed by atoms with Crippen LogP contribution in [0.5, 0.6) is 11.5 Å². The van der Waals surface area contributed by atoms with Crippen LogP contribution >= 0.6 is 11.6 Å². The Morgan fingerprint density at radius 2 is 1.93 bits per heavy atom. The number of para-hydroxylation sites is 1. The first-order chi connectivity index (χ1) is 14.2. The van der Waals surface area contributed by atoms with Crippen molar-refractivity contribution in [1.82, 2.24) is 9.88 Å². The summed E-state index contributed by atoms with van der Waals surface area (Å²) in [6.07, 6.45) is 3.17. The predicted octanol–water partition coefficient (Wildman–Crippen LogP) is 4.97. The van der Waals surface area contributed by atoms with Crippen LogP contribution in [0.1, 0.15) is 38.7 Å². The van der Waals surface area contributed by atoms with E-state index in [4.69, 9.17) is 16.3 Å². The molecule has 146 valence electrons. The molecule has 1 atom stereocenters. The van der Waals surface area contributed by atoms with E-state index < -0.39 is 0 Å². The molecule has 0 bridgehead atoms. The average molecular weight is 407 g/mol. The number of carbonyl (C=O) groups excluding carboxylic acids is 2. The van der Waals surface area contributed by atoms with E-state index in [9.17, 15) is 9.59 Å². The lowest BCUT2D eigenvalue weighted by molar-refractivity contribution is 0.0785. The van der Waals surface area contributed by atoms with Crippen LogP contribution in [0, 0.1) is 0 Å². The molecule has 0 saturated carbocycles. The largest absolute Gasteiger partial charge is 0.457 e. The minimum absolute atomic E-state index is 0.0763. The molecule has 1 aromatic heterocycles. The summed E-state index contributed by atoms with van der Waals surface area (Å²) in [6, 6.07) is 18.3. The summed E-state index contributed by atoms with van der Waals surface area (Å²) in [5.41, 5.74) is 1.76. The zero-order valence-corrected chi connectivity index (χ0v) is 16.4. The Kier molecular flexibility index (Phi) is 5.58. The second-order valence-corrected chi connectivity index (χ2v) is 7.30. The number of rotatable bonds is 5. The summed E-state index contributed by atoms with van der Waals surface area (Å²) in [5, 5.41) is 0.344. The minimum Gasteiger partial charge on any atom is -0.457 e. The Hall–Kier alpha value is -3.18. The first-order valence-corrected chi connectivity index (χ1v) is 9.75. The lowest BCUT2D eigenvalue weighted by atomic mass is 9.94. The quantitative estimate of drug-likeness (QED) is 0.561. The van der Waals surface area contributed by atoms with Crippen molar-refractivity contribution >= 4 is 23.8 Å². The number of pyridine rings is 1. The second kappa shape index (κ2) is 8.45. The van der Waals surface area contributed by atoms with Crippen LogP contribution in [0.25, 0.3) is 0 Å². The van der Waals surface area contributed by atoms with Crippen molar-refractivity contribution < 1.29 is 14.3 Å². The Bertz CT molecular complexity index is 1040. The topological polar surface area (TPSA) is 59.5 Å². The molecule has 1 aliphatic heterocycles. The number of nitrogens with zero attached hydrogens (tertiary/aromatic N) is 2. The van der Waals surface area contributed by atoms with E-state index in [0.717, 1.165) is 18.3 Å². The van der Waals surface area contributed by atoms with Gasteiger partial charge in [-0.2, -0.15) is 0 Å². The van der Waals surface area contributed by atoms with Gasteiger partial charge in [0.25, 0.3) is 5.91 Å². The van der Waals surface area contributed by atoms with Gasteiger partial charge >= 0.3 is 0 Å². The highest BCUT2D eigenvalue weighted by Crippen LogP contribution is 2.33. The molecule has 2 heterocycles. The van der Waals surface area contributed by atoms with E-state index in [1.165, 1.54) is 0 Å². The number of hydrogen-bond donors (Lipinski definition) is 0. The second-order valence-electron chi connectivity index (χ2n) is 6.89. The molecule has 6 heteroatoms. The number of ether oxygens (including phenoxy) is 1. The molecule has 0 aliphatic carbocycles. The van der Waals surface area contributed by atoms with Gasteiger partial charge in [0, 0.05) is 30.8 Å². The highest BCUT2D eigenvalue weighted by Gasteiger charge is 2.30. The third-order valence-electron chi connectivity index (χ3n) is 5.04. The normalized spacial score (nSPS) is 15.9. The van der Waals surface area contributed by atoms with E-state index in [-0.39, 0.29) is 17.5 Å². The molecule has 2 aromatic carbocycles. The maximum Gasteiger partial charge on any atom is 0.274 e. The molecule has 0 spiro atoms. The molecule has 1 fully saturated rings. The van der Waals surface area contributed by atoms with Crippen LogP contribution in [-0.4, -0.2) is 35.2 Å². The number of amides is 1. The smallest absolute Gasteiger partial charge is 0.274 e. The number of aldehydes is 1. The summed E-state index contributed by atoms with van der Waals surface area (Å²) in [5.74, 6) is 1.21. The molecule has 1 unspecified atom stereocenters. The molecule has 1 amide bonds.